The molecule has 1 aliphatic rings. The lowest BCUT2D eigenvalue weighted by Crippen LogP contribution is -2.49. The number of hydrogen-bond donors (Lipinski definition) is 1. The molecule has 0 aliphatic carbocycles. The maximum Gasteiger partial charge on any atom is 0.218 e. The van der Waals surface area contributed by atoms with E-state index in [1.807, 2.05) is 42.6 Å². The van der Waals surface area contributed by atoms with Crippen LogP contribution in [0.4, 0.5) is 5.69 Å². The van der Waals surface area contributed by atoms with Crippen molar-refractivity contribution in [1.29, 1.82) is 0 Å². The number of hydrogen-bond acceptors (Lipinski definition) is 3. The van der Waals surface area contributed by atoms with Crippen molar-refractivity contribution in [2.75, 3.05) is 31.1 Å². The number of rotatable bonds is 4. The molecule has 4 rings (SSSR count). The van der Waals surface area contributed by atoms with E-state index in [2.05, 4.69) is 28.1 Å². The van der Waals surface area contributed by atoms with Crippen LogP contribution in [-0.4, -0.2) is 43.9 Å². The lowest BCUT2D eigenvalue weighted by Gasteiger charge is -2.35. The minimum Gasteiger partial charge on any atom is -0.368 e. The van der Waals surface area contributed by atoms with Gasteiger partial charge in [-0.05, 0) is 23.8 Å². The fourth-order valence-electron chi connectivity index (χ4n) is 3.43. The zero-order chi connectivity index (χ0) is 17.3. The van der Waals surface area contributed by atoms with Crippen LogP contribution in [0.25, 0.3) is 10.9 Å². The Bertz CT molecular complexity index is 959. The second-order valence-electron chi connectivity index (χ2n) is 6.34. The lowest BCUT2D eigenvalue weighted by molar-refractivity contribution is 0.384. The summed E-state index contributed by atoms with van der Waals surface area (Å²) >= 11 is 0. The number of benzene rings is 2. The number of H-pyrrole nitrogens is 1. The van der Waals surface area contributed by atoms with Gasteiger partial charge in [-0.3, -0.25) is 0 Å². The van der Waals surface area contributed by atoms with Crippen LogP contribution in [0.3, 0.4) is 0 Å². The molecule has 2 aromatic carbocycles. The first-order chi connectivity index (χ1) is 12.1. The van der Waals surface area contributed by atoms with Gasteiger partial charge in [-0.2, -0.15) is 4.31 Å². The third-order valence-electron chi connectivity index (χ3n) is 4.74. The molecule has 0 radical (unpaired) electrons. The zero-order valence-corrected chi connectivity index (χ0v) is 14.7. The van der Waals surface area contributed by atoms with Gasteiger partial charge in [0, 0.05) is 49.0 Å². The van der Waals surface area contributed by atoms with Gasteiger partial charge in [0.25, 0.3) is 0 Å². The summed E-state index contributed by atoms with van der Waals surface area (Å²) in [6, 6.07) is 17.6. The van der Waals surface area contributed by atoms with Crippen LogP contribution in [-0.2, 0) is 15.8 Å². The Morgan fingerprint density at radius 3 is 2.40 bits per heavy atom. The largest absolute Gasteiger partial charge is 0.368 e. The smallest absolute Gasteiger partial charge is 0.218 e. The van der Waals surface area contributed by atoms with E-state index >= 15 is 0 Å². The third-order valence-corrected chi connectivity index (χ3v) is 6.59. The van der Waals surface area contributed by atoms with Gasteiger partial charge in [-0.15, -0.1) is 0 Å². The molecule has 1 aliphatic heterocycles. The number of piperazine rings is 1. The Labute approximate surface area is 147 Å². The van der Waals surface area contributed by atoms with E-state index in [-0.39, 0.29) is 5.75 Å². The van der Waals surface area contributed by atoms with Crippen molar-refractivity contribution in [3.8, 4) is 0 Å². The predicted octanol–water partition coefficient (Wildman–Crippen LogP) is 2.82. The number of anilines is 1. The SMILES string of the molecule is O=S(=O)(Cc1ccccc1)N1CCN(c2cccc3[nH]ccc23)CC1. The molecule has 3 aromatic rings. The molecule has 0 amide bonds. The summed E-state index contributed by atoms with van der Waals surface area (Å²) in [6.45, 7) is 2.46. The van der Waals surface area contributed by atoms with Crippen LogP contribution in [0.5, 0.6) is 0 Å². The van der Waals surface area contributed by atoms with E-state index in [1.54, 1.807) is 4.31 Å². The minimum absolute atomic E-state index is 0.0707. The lowest BCUT2D eigenvalue weighted by atomic mass is 10.2. The standard InChI is InChI=1S/C19H21N3O2S/c23-25(24,15-16-5-2-1-3-6-16)22-13-11-21(12-14-22)19-8-4-7-18-17(19)9-10-20-18/h1-10,20H,11-15H2. The topological polar surface area (TPSA) is 56.4 Å². The molecule has 1 saturated heterocycles. The Morgan fingerprint density at radius 2 is 1.64 bits per heavy atom. The normalized spacial score (nSPS) is 16.4. The molecule has 6 heteroatoms. The first kappa shape index (κ1) is 16.2. The van der Waals surface area contributed by atoms with Gasteiger partial charge in [0.15, 0.2) is 0 Å². The number of nitrogens with one attached hydrogen (secondary N) is 1. The van der Waals surface area contributed by atoms with Gasteiger partial charge < -0.3 is 9.88 Å². The quantitative estimate of drug-likeness (QED) is 0.783. The maximum absolute atomic E-state index is 12.7. The second-order valence-corrected chi connectivity index (χ2v) is 8.31. The van der Waals surface area contributed by atoms with Gasteiger partial charge in [-0.1, -0.05) is 36.4 Å². The first-order valence-electron chi connectivity index (χ1n) is 8.46. The highest BCUT2D eigenvalue weighted by Crippen LogP contribution is 2.27. The molecule has 25 heavy (non-hydrogen) atoms. The Morgan fingerprint density at radius 1 is 0.880 bits per heavy atom. The van der Waals surface area contributed by atoms with Crippen LogP contribution in [0, 0.1) is 0 Å². The third kappa shape index (κ3) is 3.27. The van der Waals surface area contributed by atoms with Crippen LogP contribution in [0.15, 0.2) is 60.8 Å². The highest BCUT2D eigenvalue weighted by Gasteiger charge is 2.27. The van der Waals surface area contributed by atoms with E-state index in [9.17, 15) is 8.42 Å². The van der Waals surface area contributed by atoms with Crippen molar-refractivity contribution in [2.45, 2.75) is 5.75 Å². The fourth-order valence-corrected chi connectivity index (χ4v) is 4.94. The predicted molar refractivity (Wildman–Crippen MR) is 101 cm³/mol. The van der Waals surface area contributed by atoms with Crippen LogP contribution in [0.1, 0.15) is 5.56 Å². The van der Waals surface area contributed by atoms with Crippen molar-refractivity contribution < 1.29 is 8.42 Å². The highest BCUT2D eigenvalue weighted by atomic mass is 32.2. The number of nitrogens with zero attached hydrogens (tertiary/aromatic N) is 2. The van der Waals surface area contributed by atoms with Crippen LogP contribution in [0.2, 0.25) is 0 Å². The fraction of sp³-hybridized carbons (Fsp3) is 0.263. The van der Waals surface area contributed by atoms with Gasteiger partial charge in [0.2, 0.25) is 10.0 Å². The van der Waals surface area contributed by atoms with E-state index in [0.717, 1.165) is 11.1 Å². The summed E-state index contributed by atoms with van der Waals surface area (Å²) in [4.78, 5) is 5.49. The molecule has 5 nitrogen and oxygen atoms in total. The summed E-state index contributed by atoms with van der Waals surface area (Å²) < 4.78 is 27.0. The monoisotopic (exact) mass is 355 g/mol. The summed E-state index contributed by atoms with van der Waals surface area (Å²) in [5, 5.41) is 1.18. The van der Waals surface area contributed by atoms with E-state index in [4.69, 9.17) is 0 Å². The van der Waals surface area contributed by atoms with Gasteiger partial charge in [0.05, 0.1) is 5.75 Å². The molecule has 0 saturated carbocycles. The Kier molecular flexibility index (Phi) is 4.23. The van der Waals surface area contributed by atoms with Crippen LogP contribution >= 0.6 is 0 Å². The molecule has 2 heterocycles. The average molecular weight is 355 g/mol. The number of fused-ring (bicyclic) bond motifs is 1. The molecule has 0 bridgehead atoms. The molecule has 0 spiro atoms. The van der Waals surface area contributed by atoms with Crippen molar-refractivity contribution in [3.05, 3.63) is 66.4 Å². The van der Waals surface area contributed by atoms with Gasteiger partial charge in [-0.25, -0.2) is 8.42 Å². The summed E-state index contributed by atoms with van der Waals surface area (Å²) in [7, 11) is -3.27. The zero-order valence-electron chi connectivity index (χ0n) is 13.9. The summed E-state index contributed by atoms with van der Waals surface area (Å²) in [5.41, 5.74) is 3.11. The van der Waals surface area contributed by atoms with Crippen molar-refractivity contribution in [3.63, 3.8) is 0 Å². The van der Waals surface area contributed by atoms with Crippen LogP contribution < -0.4 is 4.90 Å². The molecule has 1 N–H and O–H groups in total. The molecular formula is C19H21N3O2S. The molecule has 0 atom stereocenters. The van der Waals surface area contributed by atoms with Crippen molar-refractivity contribution in [2.24, 2.45) is 0 Å². The minimum atomic E-state index is -3.27. The summed E-state index contributed by atoms with van der Waals surface area (Å²) in [6.07, 6.45) is 1.94. The first-order valence-corrected chi connectivity index (χ1v) is 10.1. The molecular weight excluding hydrogens is 334 g/mol. The Hall–Kier alpha value is -2.31. The molecule has 0 unspecified atom stereocenters. The molecule has 1 aromatic heterocycles. The van der Waals surface area contributed by atoms with Gasteiger partial charge >= 0.3 is 0 Å². The average Bonchev–Trinajstić information content (AvgIpc) is 3.11. The highest BCUT2D eigenvalue weighted by molar-refractivity contribution is 7.88. The van der Waals surface area contributed by atoms with E-state index in [1.165, 1.54) is 11.1 Å². The summed E-state index contributed by atoms with van der Waals surface area (Å²) in [5.74, 6) is 0.0707. The van der Waals surface area contributed by atoms with Crippen molar-refractivity contribution >= 4 is 26.6 Å². The number of aromatic amines is 1. The van der Waals surface area contributed by atoms with E-state index < -0.39 is 10.0 Å². The number of sulfonamides is 1. The number of aromatic nitrogens is 1. The Balaban J connectivity index is 1.47. The molecule has 1 fully saturated rings. The van der Waals surface area contributed by atoms with E-state index in [0.29, 0.717) is 26.2 Å². The van der Waals surface area contributed by atoms with Gasteiger partial charge in [0.1, 0.15) is 0 Å². The van der Waals surface area contributed by atoms with Crippen molar-refractivity contribution in [1.82, 2.24) is 9.29 Å². The second kappa shape index (κ2) is 6.54. The molecule has 130 valence electrons. The maximum atomic E-state index is 12.7.